The molecule has 3 aliphatic rings. The predicted molar refractivity (Wildman–Crippen MR) is 128 cm³/mol. The van der Waals surface area contributed by atoms with Crippen molar-refractivity contribution < 1.29 is 24.2 Å². The van der Waals surface area contributed by atoms with E-state index in [0.717, 1.165) is 12.0 Å². The molecule has 186 valence electrons. The fourth-order valence-electron chi connectivity index (χ4n) is 6.02. The number of amides is 3. The average Bonchev–Trinajstić information content (AvgIpc) is 3.43. The summed E-state index contributed by atoms with van der Waals surface area (Å²) in [5.41, 5.74) is 0.162. The first kappa shape index (κ1) is 24.9. The van der Waals surface area contributed by atoms with E-state index < -0.39 is 41.5 Å². The molecule has 1 aromatic carbocycles. The lowest BCUT2D eigenvalue weighted by Crippen LogP contribution is -2.57. The highest BCUT2D eigenvalue weighted by molar-refractivity contribution is 6.34. The SMILES string of the molecule is CCCNC(=O)[C@@H]1[C@H]2C(=O)N([C@@H](CO)C(C)C)C(C(=O)Nc3c(C)cccc3Cl)C23CC[C@H]1O3. The van der Waals surface area contributed by atoms with Crippen LogP contribution in [-0.2, 0) is 19.1 Å². The van der Waals surface area contributed by atoms with Gasteiger partial charge >= 0.3 is 0 Å². The Morgan fingerprint density at radius 3 is 2.68 bits per heavy atom. The molecular formula is C25H34ClN3O5. The summed E-state index contributed by atoms with van der Waals surface area (Å²) in [4.78, 5) is 42.4. The molecule has 3 aliphatic heterocycles. The molecule has 3 N–H and O–H groups in total. The smallest absolute Gasteiger partial charge is 0.250 e. The number of rotatable bonds is 8. The molecule has 6 atom stereocenters. The Labute approximate surface area is 205 Å². The van der Waals surface area contributed by atoms with Gasteiger partial charge in [0.1, 0.15) is 11.6 Å². The van der Waals surface area contributed by atoms with Gasteiger partial charge in [-0.15, -0.1) is 0 Å². The first-order valence-corrected chi connectivity index (χ1v) is 12.5. The highest BCUT2D eigenvalue weighted by Gasteiger charge is 2.75. The van der Waals surface area contributed by atoms with Crippen LogP contribution in [0.15, 0.2) is 18.2 Å². The normalized spacial score (nSPS) is 30.6. The van der Waals surface area contributed by atoms with Crippen molar-refractivity contribution in [3.8, 4) is 0 Å². The van der Waals surface area contributed by atoms with E-state index in [1.54, 1.807) is 12.1 Å². The molecule has 0 saturated carbocycles. The third-order valence-electron chi connectivity index (χ3n) is 7.62. The Kier molecular flexibility index (Phi) is 6.95. The van der Waals surface area contributed by atoms with Crippen molar-refractivity contribution in [3.05, 3.63) is 28.8 Å². The minimum atomic E-state index is -1.11. The molecule has 0 aromatic heterocycles. The lowest BCUT2D eigenvalue weighted by Gasteiger charge is -2.38. The molecule has 2 unspecified atom stereocenters. The zero-order chi connectivity index (χ0) is 24.8. The molecule has 0 aliphatic carbocycles. The number of fused-ring (bicyclic) bond motifs is 1. The van der Waals surface area contributed by atoms with E-state index >= 15 is 0 Å². The molecule has 34 heavy (non-hydrogen) atoms. The maximum atomic E-state index is 13.9. The van der Waals surface area contributed by atoms with Crippen molar-refractivity contribution in [1.29, 1.82) is 0 Å². The van der Waals surface area contributed by atoms with Gasteiger partial charge in [0.15, 0.2) is 0 Å². The predicted octanol–water partition coefficient (Wildman–Crippen LogP) is 2.50. The van der Waals surface area contributed by atoms with Crippen LogP contribution in [0.3, 0.4) is 0 Å². The Balaban J connectivity index is 1.76. The first-order chi connectivity index (χ1) is 16.2. The number of nitrogens with zero attached hydrogens (tertiary/aromatic N) is 1. The standard InChI is InChI=1S/C25H34ClN3O5/c1-5-11-27-22(31)18-17-9-10-25(34-17)19(18)24(33)29(16(12-30)13(2)3)21(25)23(32)28-20-14(4)7-6-8-15(20)26/h6-8,13,16-19,21,30H,5,9-12H2,1-4H3,(H,27,31)(H,28,32)/t16-,17+,18-,19-,21?,25?/m0/s1. The van der Waals surface area contributed by atoms with Crippen LogP contribution < -0.4 is 10.6 Å². The Morgan fingerprint density at radius 1 is 1.32 bits per heavy atom. The number of aliphatic hydroxyl groups is 1. The van der Waals surface area contributed by atoms with Crippen molar-refractivity contribution in [2.24, 2.45) is 17.8 Å². The number of carbonyl (C=O) groups excluding carboxylic acids is 3. The second-order valence-electron chi connectivity index (χ2n) is 10.0. The highest BCUT2D eigenvalue weighted by Crippen LogP contribution is 2.59. The van der Waals surface area contributed by atoms with Crippen LogP contribution in [0.5, 0.6) is 0 Å². The number of ether oxygens (including phenoxy) is 1. The molecule has 3 fully saturated rings. The molecule has 1 aromatic rings. The molecule has 2 bridgehead atoms. The molecule has 3 heterocycles. The molecule has 3 saturated heterocycles. The summed E-state index contributed by atoms with van der Waals surface area (Å²) in [5.74, 6) is -2.45. The maximum absolute atomic E-state index is 13.9. The van der Waals surface area contributed by atoms with Crippen LogP contribution in [0.25, 0.3) is 0 Å². The minimum Gasteiger partial charge on any atom is -0.394 e. The van der Waals surface area contributed by atoms with Crippen molar-refractivity contribution in [1.82, 2.24) is 10.2 Å². The van der Waals surface area contributed by atoms with E-state index in [9.17, 15) is 19.5 Å². The van der Waals surface area contributed by atoms with Crippen molar-refractivity contribution in [2.75, 3.05) is 18.5 Å². The largest absolute Gasteiger partial charge is 0.394 e. The number of hydrogen-bond donors (Lipinski definition) is 3. The summed E-state index contributed by atoms with van der Waals surface area (Å²) in [7, 11) is 0. The summed E-state index contributed by atoms with van der Waals surface area (Å²) in [6.07, 6.45) is 1.47. The lowest BCUT2D eigenvalue weighted by molar-refractivity contribution is -0.145. The number of carbonyl (C=O) groups is 3. The van der Waals surface area contributed by atoms with E-state index in [4.69, 9.17) is 16.3 Å². The van der Waals surface area contributed by atoms with Crippen LogP contribution in [0.4, 0.5) is 5.69 Å². The average molecular weight is 492 g/mol. The number of aliphatic hydroxyl groups excluding tert-OH is 1. The number of aryl methyl sites for hydroxylation is 1. The number of benzene rings is 1. The van der Waals surface area contributed by atoms with Crippen LogP contribution in [-0.4, -0.2) is 64.7 Å². The van der Waals surface area contributed by atoms with Gasteiger partial charge in [-0.2, -0.15) is 0 Å². The molecule has 9 heteroatoms. The number of anilines is 1. The lowest BCUT2D eigenvalue weighted by atomic mass is 9.70. The van der Waals surface area contributed by atoms with E-state index in [1.165, 1.54) is 4.90 Å². The summed E-state index contributed by atoms with van der Waals surface area (Å²) in [5, 5.41) is 16.4. The Hall–Kier alpha value is -2.16. The van der Waals surface area contributed by atoms with Gasteiger partial charge in [-0.1, -0.05) is 44.5 Å². The number of halogens is 1. The zero-order valence-electron chi connectivity index (χ0n) is 20.1. The quantitative estimate of drug-likeness (QED) is 0.518. The number of likely N-dealkylation sites (tertiary alicyclic amines) is 1. The summed E-state index contributed by atoms with van der Waals surface area (Å²) in [6.45, 7) is 7.83. The first-order valence-electron chi connectivity index (χ1n) is 12.1. The van der Waals surface area contributed by atoms with Crippen molar-refractivity contribution in [2.45, 2.75) is 70.7 Å². The topological polar surface area (TPSA) is 108 Å². The van der Waals surface area contributed by atoms with Gasteiger partial charge in [0, 0.05) is 6.54 Å². The van der Waals surface area contributed by atoms with Gasteiger partial charge in [-0.05, 0) is 43.7 Å². The summed E-state index contributed by atoms with van der Waals surface area (Å²) < 4.78 is 6.41. The monoisotopic (exact) mass is 491 g/mol. The summed E-state index contributed by atoms with van der Waals surface area (Å²) >= 11 is 6.37. The van der Waals surface area contributed by atoms with Gasteiger partial charge < -0.3 is 25.4 Å². The number of nitrogens with one attached hydrogen (secondary N) is 2. The number of para-hydroxylation sites is 1. The van der Waals surface area contributed by atoms with E-state index in [-0.39, 0.29) is 24.3 Å². The van der Waals surface area contributed by atoms with E-state index in [0.29, 0.717) is 30.1 Å². The second-order valence-corrected chi connectivity index (χ2v) is 10.4. The van der Waals surface area contributed by atoms with Crippen LogP contribution in [0.1, 0.15) is 45.6 Å². The van der Waals surface area contributed by atoms with Crippen LogP contribution in [0, 0.1) is 24.7 Å². The third kappa shape index (κ3) is 3.80. The Morgan fingerprint density at radius 2 is 2.06 bits per heavy atom. The molecular weight excluding hydrogens is 458 g/mol. The van der Waals surface area contributed by atoms with Crippen LogP contribution in [0.2, 0.25) is 5.02 Å². The minimum absolute atomic E-state index is 0.105. The maximum Gasteiger partial charge on any atom is 0.250 e. The van der Waals surface area contributed by atoms with Gasteiger partial charge in [0.05, 0.1) is 41.3 Å². The third-order valence-corrected chi connectivity index (χ3v) is 7.94. The van der Waals surface area contributed by atoms with Gasteiger partial charge in [-0.25, -0.2) is 0 Å². The van der Waals surface area contributed by atoms with Gasteiger partial charge in [0.2, 0.25) is 17.7 Å². The Bertz CT molecular complexity index is 965. The fraction of sp³-hybridized carbons (Fsp3) is 0.640. The van der Waals surface area contributed by atoms with Crippen molar-refractivity contribution in [3.63, 3.8) is 0 Å². The van der Waals surface area contributed by atoms with Crippen molar-refractivity contribution >= 4 is 35.0 Å². The molecule has 0 radical (unpaired) electrons. The molecule has 3 amide bonds. The van der Waals surface area contributed by atoms with Crippen LogP contribution >= 0.6 is 11.6 Å². The highest BCUT2D eigenvalue weighted by atomic mass is 35.5. The van der Waals surface area contributed by atoms with E-state index in [2.05, 4.69) is 10.6 Å². The molecule has 4 rings (SSSR count). The van der Waals surface area contributed by atoms with Gasteiger partial charge in [0.25, 0.3) is 0 Å². The fourth-order valence-corrected chi connectivity index (χ4v) is 6.29. The van der Waals surface area contributed by atoms with E-state index in [1.807, 2.05) is 33.8 Å². The summed E-state index contributed by atoms with van der Waals surface area (Å²) in [6, 6.07) is 3.78. The molecule has 8 nitrogen and oxygen atoms in total. The number of hydrogen-bond acceptors (Lipinski definition) is 5. The second kappa shape index (κ2) is 9.47. The molecule has 1 spiro atoms. The zero-order valence-corrected chi connectivity index (χ0v) is 20.9. The van der Waals surface area contributed by atoms with Gasteiger partial charge in [-0.3, -0.25) is 14.4 Å².